The molecule has 1 N–H and O–H groups in total. The summed E-state index contributed by atoms with van der Waals surface area (Å²) in [7, 11) is 0. The largest absolute Gasteiger partial charge is 0.381 e. The van der Waals surface area contributed by atoms with E-state index in [2.05, 4.69) is 18.5 Å². The fourth-order valence-corrected chi connectivity index (χ4v) is 2.62. The number of nitrogens with zero attached hydrogens (tertiary/aromatic N) is 2. The van der Waals surface area contributed by atoms with Crippen LogP contribution in [0.25, 0.3) is 0 Å². The molecular formula is C20H21Cl2N3. The molecule has 25 heavy (non-hydrogen) atoms. The highest BCUT2D eigenvalue weighted by Crippen LogP contribution is 2.23. The van der Waals surface area contributed by atoms with E-state index in [4.69, 9.17) is 28.3 Å². The van der Waals surface area contributed by atoms with Gasteiger partial charge in [0.2, 0.25) is 0 Å². The lowest BCUT2D eigenvalue weighted by atomic mass is 10.1. The van der Waals surface area contributed by atoms with Crippen LogP contribution in [0.4, 0.5) is 11.4 Å². The molecule has 0 aliphatic carbocycles. The van der Waals surface area contributed by atoms with Crippen molar-refractivity contribution in [1.29, 1.82) is 0 Å². The van der Waals surface area contributed by atoms with Crippen LogP contribution < -0.4 is 10.3 Å². The van der Waals surface area contributed by atoms with E-state index in [9.17, 15) is 0 Å². The van der Waals surface area contributed by atoms with Gasteiger partial charge in [-0.15, -0.1) is 13.2 Å². The summed E-state index contributed by atoms with van der Waals surface area (Å²) in [6.45, 7) is 10.7. The third-order valence-electron chi connectivity index (χ3n) is 3.51. The molecule has 0 saturated carbocycles. The highest BCUT2D eigenvalue weighted by atomic mass is 35.5. The molecule has 0 bridgehead atoms. The third-order valence-corrected chi connectivity index (χ3v) is 3.99. The number of nitrogens with one attached hydrogen (secondary N) is 1. The number of halogens is 2. The summed E-state index contributed by atoms with van der Waals surface area (Å²) in [5.74, 6) is 0. The lowest BCUT2D eigenvalue weighted by Crippen LogP contribution is -2.19. The smallest absolute Gasteiger partial charge is 0.0672 e. The molecule has 0 saturated heterocycles. The zero-order valence-corrected chi connectivity index (χ0v) is 15.7. The van der Waals surface area contributed by atoms with Gasteiger partial charge in [-0.25, -0.2) is 0 Å². The topological polar surface area (TPSA) is 27.6 Å². The molecule has 5 heteroatoms. The normalized spacial score (nSPS) is 11.1. The maximum absolute atomic E-state index is 6.18. The predicted molar refractivity (Wildman–Crippen MR) is 111 cm³/mol. The second kappa shape index (κ2) is 9.30. The van der Waals surface area contributed by atoms with Gasteiger partial charge in [-0.05, 0) is 49.4 Å². The lowest BCUT2D eigenvalue weighted by molar-refractivity contribution is 0.940. The maximum atomic E-state index is 6.18. The molecule has 0 radical (unpaired) electrons. The molecule has 2 rings (SSSR count). The number of rotatable bonds is 8. The molecule has 0 unspecified atom stereocenters. The lowest BCUT2D eigenvalue weighted by Gasteiger charge is -2.20. The van der Waals surface area contributed by atoms with Crippen molar-refractivity contribution in [2.45, 2.75) is 6.92 Å². The van der Waals surface area contributed by atoms with Gasteiger partial charge < -0.3 is 5.32 Å². The molecule has 0 aromatic heterocycles. The van der Waals surface area contributed by atoms with Gasteiger partial charge in [-0.2, -0.15) is 5.10 Å². The minimum Gasteiger partial charge on any atom is -0.381 e. The Labute approximate surface area is 159 Å². The Hall–Kier alpha value is -2.23. The highest BCUT2D eigenvalue weighted by Gasteiger charge is 2.10. The first kappa shape index (κ1) is 19.1. The number of hydrogen-bond donors (Lipinski definition) is 1. The van der Waals surface area contributed by atoms with Gasteiger partial charge in [0.1, 0.15) is 0 Å². The number of anilines is 2. The minimum absolute atomic E-state index is 0.578. The van der Waals surface area contributed by atoms with Crippen LogP contribution in [0.3, 0.4) is 0 Å². The zero-order chi connectivity index (χ0) is 18.2. The summed E-state index contributed by atoms with van der Waals surface area (Å²) in [5, 5.41) is 11.3. The summed E-state index contributed by atoms with van der Waals surface area (Å²) in [6, 6.07) is 13.2. The average molecular weight is 374 g/mol. The molecule has 0 spiro atoms. The van der Waals surface area contributed by atoms with Gasteiger partial charge >= 0.3 is 0 Å². The zero-order valence-electron chi connectivity index (χ0n) is 14.2. The van der Waals surface area contributed by atoms with E-state index < -0.39 is 0 Å². The summed E-state index contributed by atoms with van der Waals surface area (Å²) >= 11 is 12.2. The number of hydrazone groups is 1. The van der Waals surface area contributed by atoms with Crippen LogP contribution in [0, 0.1) is 0 Å². The van der Waals surface area contributed by atoms with Gasteiger partial charge in [0.25, 0.3) is 0 Å². The van der Waals surface area contributed by atoms with Gasteiger partial charge in [0.15, 0.2) is 0 Å². The van der Waals surface area contributed by atoms with Crippen molar-refractivity contribution < 1.29 is 0 Å². The van der Waals surface area contributed by atoms with E-state index in [1.165, 1.54) is 0 Å². The Morgan fingerprint density at radius 1 is 1.08 bits per heavy atom. The second-order valence-electron chi connectivity index (χ2n) is 5.39. The summed E-state index contributed by atoms with van der Waals surface area (Å²) in [5.41, 5.74) is 3.68. The van der Waals surface area contributed by atoms with Crippen molar-refractivity contribution >= 4 is 40.3 Å². The standard InChI is InChI=1S/C20H21Cl2N3/c1-4-12-23-20-11-8-17(22)14-19(20)15(3)24-25(13-5-2)18-9-6-16(21)7-10-18/h4-11,14,23H,1-2,12-13H2,3H3/b24-15+. The van der Waals surface area contributed by atoms with Crippen molar-refractivity contribution in [3.8, 4) is 0 Å². The first-order chi connectivity index (χ1) is 12.0. The maximum Gasteiger partial charge on any atom is 0.0672 e. The summed E-state index contributed by atoms with van der Waals surface area (Å²) in [6.07, 6.45) is 3.61. The molecule has 130 valence electrons. The summed E-state index contributed by atoms with van der Waals surface area (Å²) < 4.78 is 0. The van der Waals surface area contributed by atoms with Crippen LogP contribution in [-0.2, 0) is 0 Å². The fourth-order valence-electron chi connectivity index (χ4n) is 2.33. The fraction of sp³-hybridized carbons (Fsp3) is 0.150. The van der Waals surface area contributed by atoms with E-state index in [1.54, 1.807) is 6.08 Å². The van der Waals surface area contributed by atoms with Crippen LogP contribution in [0.2, 0.25) is 10.0 Å². The van der Waals surface area contributed by atoms with Gasteiger partial charge in [-0.3, -0.25) is 5.01 Å². The third kappa shape index (κ3) is 5.38. The van der Waals surface area contributed by atoms with E-state index >= 15 is 0 Å². The first-order valence-corrected chi connectivity index (χ1v) is 8.64. The van der Waals surface area contributed by atoms with Crippen LogP contribution in [0.15, 0.2) is 72.9 Å². The Morgan fingerprint density at radius 3 is 2.40 bits per heavy atom. The molecular weight excluding hydrogens is 353 g/mol. The Bertz CT molecular complexity index is 767. The second-order valence-corrected chi connectivity index (χ2v) is 6.26. The van der Waals surface area contributed by atoms with E-state index in [0.29, 0.717) is 23.1 Å². The first-order valence-electron chi connectivity index (χ1n) is 7.89. The van der Waals surface area contributed by atoms with Gasteiger partial charge in [0.05, 0.1) is 17.9 Å². The quantitative estimate of drug-likeness (QED) is 0.348. The molecule has 0 heterocycles. The van der Waals surface area contributed by atoms with Crippen molar-refractivity contribution in [2.75, 3.05) is 23.4 Å². The monoisotopic (exact) mass is 373 g/mol. The van der Waals surface area contributed by atoms with Gasteiger partial charge in [0, 0.05) is 27.8 Å². The van der Waals surface area contributed by atoms with Crippen molar-refractivity contribution in [3.63, 3.8) is 0 Å². The molecule has 2 aromatic rings. The molecule has 0 aliphatic rings. The molecule has 2 aromatic carbocycles. The van der Waals surface area contributed by atoms with Crippen LogP contribution in [0.5, 0.6) is 0 Å². The Morgan fingerprint density at radius 2 is 1.76 bits per heavy atom. The van der Waals surface area contributed by atoms with Gasteiger partial charge in [-0.1, -0.05) is 35.4 Å². The van der Waals surface area contributed by atoms with Crippen molar-refractivity contribution in [3.05, 3.63) is 83.4 Å². The molecule has 0 atom stereocenters. The van der Waals surface area contributed by atoms with Crippen molar-refractivity contribution in [1.82, 2.24) is 0 Å². The molecule has 0 fully saturated rings. The SMILES string of the molecule is C=CCNc1ccc(Cl)cc1/C(C)=N/N(CC=C)c1ccc(Cl)cc1. The average Bonchev–Trinajstić information content (AvgIpc) is 2.61. The highest BCUT2D eigenvalue weighted by molar-refractivity contribution is 6.31. The van der Waals surface area contributed by atoms with E-state index in [1.807, 2.05) is 60.5 Å². The minimum atomic E-state index is 0.578. The molecule has 0 aliphatic heterocycles. The van der Waals surface area contributed by atoms with Crippen LogP contribution in [0.1, 0.15) is 12.5 Å². The Kier molecular flexibility index (Phi) is 7.11. The number of benzene rings is 2. The Balaban J connectivity index is 2.39. The molecule has 3 nitrogen and oxygen atoms in total. The number of hydrogen-bond acceptors (Lipinski definition) is 3. The summed E-state index contributed by atoms with van der Waals surface area (Å²) in [4.78, 5) is 0. The van der Waals surface area contributed by atoms with E-state index in [-0.39, 0.29) is 0 Å². The molecule has 0 amide bonds. The van der Waals surface area contributed by atoms with Crippen molar-refractivity contribution in [2.24, 2.45) is 5.10 Å². The predicted octanol–water partition coefficient (Wildman–Crippen LogP) is 6.01. The van der Waals surface area contributed by atoms with E-state index in [0.717, 1.165) is 22.6 Å². The van der Waals surface area contributed by atoms with Crippen LogP contribution in [-0.4, -0.2) is 18.8 Å². The van der Waals surface area contributed by atoms with Crippen LogP contribution >= 0.6 is 23.2 Å².